The summed E-state index contributed by atoms with van der Waals surface area (Å²) >= 11 is 0. The van der Waals surface area contributed by atoms with Crippen LogP contribution in [0, 0.1) is 0 Å². The summed E-state index contributed by atoms with van der Waals surface area (Å²) in [6.45, 7) is 3.78. The van der Waals surface area contributed by atoms with Crippen molar-refractivity contribution in [2.45, 2.75) is 19.9 Å². The predicted molar refractivity (Wildman–Crippen MR) is 45.7 cm³/mol. The molecule has 5 heteroatoms. The lowest BCUT2D eigenvalue weighted by atomic mass is 10.4. The van der Waals surface area contributed by atoms with Crippen LogP contribution in [-0.2, 0) is 10.0 Å². The molecular weight excluding hydrogens is 164 g/mol. The van der Waals surface area contributed by atoms with Crippen molar-refractivity contribution in [2.75, 3.05) is 19.3 Å². The van der Waals surface area contributed by atoms with E-state index >= 15 is 0 Å². The topological polar surface area (TPSA) is 63.4 Å². The molecule has 0 aliphatic heterocycles. The fourth-order valence-corrected chi connectivity index (χ4v) is 1.64. The summed E-state index contributed by atoms with van der Waals surface area (Å²) < 4.78 is 23.5. The van der Waals surface area contributed by atoms with E-state index in [2.05, 4.69) is 0 Å². The van der Waals surface area contributed by atoms with Crippen LogP contribution in [0.25, 0.3) is 0 Å². The van der Waals surface area contributed by atoms with Gasteiger partial charge in [-0.3, -0.25) is 0 Å². The highest BCUT2D eigenvalue weighted by Gasteiger charge is 2.15. The van der Waals surface area contributed by atoms with Gasteiger partial charge in [-0.15, -0.1) is 0 Å². The van der Waals surface area contributed by atoms with Crippen molar-refractivity contribution in [3.63, 3.8) is 0 Å². The van der Waals surface area contributed by atoms with E-state index in [0.29, 0.717) is 6.54 Å². The van der Waals surface area contributed by atoms with Gasteiger partial charge in [-0.05, 0) is 13.8 Å². The van der Waals surface area contributed by atoms with E-state index < -0.39 is 10.0 Å². The third-order valence-electron chi connectivity index (χ3n) is 1.38. The molecule has 0 spiro atoms. The zero-order valence-corrected chi connectivity index (χ0v) is 8.06. The van der Waals surface area contributed by atoms with Gasteiger partial charge in [-0.25, -0.2) is 12.7 Å². The summed E-state index contributed by atoms with van der Waals surface area (Å²) in [4.78, 5) is 0. The number of hydrogen-bond acceptors (Lipinski definition) is 3. The molecular formula is C6H16N2O2S. The first kappa shape index (κ1) is 10.9. The first-order valence-electron chi connectivity index (χ1n) is 3.59. The highest BCUT2D eigenvalue weighted by molar-refractivity contribution is 7.89. The second-order valence-corrected chi connectivity index (χ2v) is 5.02. The third kappa shape index (κ3) is 3.69. The average molecular weight is 180 g/mol. The van der Waals surface area contributed by atoms with E-state index in [1.807, 2.05) is 0 Å². The lowest BCUT2D eigenvalue weighted by Crippen LogP contribution is -2.37. The maximum absolute atomic E-state index is 11.1. The molecule has 0 aromatic rings. The van der Waals surface area contributed by atoms with Crippen LogP contribution in [0.3, 0.4) is 0 Å². The molecule has 1 atom stereocenters. The number of rotatable bonds is 4. The van der Waals surface area contributed by atoms with Crippen LogP contribution in [0.15, 0.2) is 0 Å². The molecule has 4 nitrogen and oxygen atoms in total. The minimum Gasteiger partial charge on any atom is -0.327 e. The SMILES string of the molecule is CCS(=O)(=O)N(C)CC(C)N. The fourth-order valence-electron chi connectivity index (χ4n) is 0.740. The molecule has 0 rings (SSSR count). The van der Waals surface area contributed by atoms with E-state index in [1.165, 1.54) is 4.31 Å². The lowest BCUT2D eigenvalue weighted by molar-refractivity contribution is 0.446. The zero-order valence-electron chi connectivity index (χ0n) is 7.24. The Labute approximate surface area is 68.4 Å². The molecule has 0 aromatic heterocycles. The Kier molecular flexibility index (Phi) is 3.99. The van der Waals surface area contributed by atoms with Crippen LogP contribution >= 0.6 is 0 Å². The fraction of sp³-hybridized carbons (Fsp3) is 1.00. The van der Waals surface area contributed by atoms with Gasteiger partial charge < -0.3 is 5.73 Å². The Morgan fingerprint density at radius 3 is 2.27 bits per heavy atom. The molecule has 68 valence electrons. The summed E-state index contributed by atoms with van der Waals surface area (Å²) in [7, 11) is -1.50. The highest BCUT2D eigenvalue weighted by atomic mass is 32.2. The molecule has 2 N–H and O–H groups in total. The third-order valence-corrected chi connectivity index (χ3v) is 3.21. The minimum atomic E-state index is -3.04. The van der Waals surface area contributed by atoms with Crippen molar-refractivity contribution in [1.29, 1.82) is 0 Å². The smallest absolute Gasteiger partial charge is 0.213 e. The van der Waals surface area contributed by atoms with Crippen molar-refractivity contribution in [3.8, 4) is 0 Å². The van der Waals surface area contributed by atoms with E-state index in [-0.39, 0.29) is 11.8 Å². The van der Waals surface area contributed by atoms with Gasteiger partial charge >= 0.3 is 0 Å². The van der Waals surface area contributed by atoms with Crippen LogP contribution in [0.5, 0.6) is 0 Å². The summed E-state index contributed by atoms with van der Waals surface area (Å²) in [6, 6.07) is -0.110. The number of nitrogens with two attached hydrogens (primary N) is 1. The quantitative estimate of drug-likeness (QED) is 0.641. The first-order chi connectivity index (χ1) is 4.90. The van der Waals surface area contributed by atoms with Gasteiger partial charge in [0.15, 0.2) is 0 Å². The van der Waals surface area contributed by atoms with Gasteiger partial charge in [-0.1, -0.05) is 0 Å². The Balaban J connectivity index is 4.14. The molecule has 0 aliphatic rings. The molecule has 0 bridgehead atoms. The monoisotopic (exact) mass is 180 g/mol. The summed E-state index contributed by atoms with van der Waals surface area (Å²) in [6.07, 6.45) is 0. The largest absolute Gasteiger partial charge is 0.327 e. The van der Waals surface area contributed by atoms with Crippen molar-refractivity contribution in [1.82, 2.24) is 4.31 Å². The molecule has 0 amide bonds. The van der Waals surface area contributed by atoms with Gasteiger partial charge in [0.1, 0.15) is 0 Å². The molecule has 0 aliphatic carbocycles. The molecule has 11 heavy (non-hydrogen) atoms. The molecule has 0 aromatic carbocycles. The summed E-state index contributed by atoms with van der Waals surface area (Å²) in [5.74, 6) is 0.135. The Bertz CT molecular complexity index is 199. The van der Waals surface area contributed by atoms with Crippen molar-refractivity contribution < 1.29 is 8.42 Å². The van der Waals surface area contributed by atoms with Gasteiger partial charge in [0.2, 0.25) is 10.0 Å². The van der Waals surface area contributed by atoms with Crippen molar-refractivity contribution >= 4 is 10.0 Å². The predicted octanol–water partition coefficient (Wildman–Crippen LogP) is -0.385. The van der Waals surface area contributed by atoms with Gasteiger partial charge in [0.25, 0.3) is 0 Å². The van der Waals surface area contributed by atoms with Crippen molar-refractivity contribution in [3.05, 3.63) is 0 Å². The van der Waals surface area contributed by atoms with Gasteiger partial charge in [0, 0.05) is 19.6 Å². The maximum atomic E-state index is 11.1. The highest BCUT2D eigenvalue weighted by Crippen LogP contribution is 1.97. The maximum Gasteiger partial charge on any atom is 0.213 e. The van der Waals surface area contributed by atoms with E-state index in [1.54, 1.807) is 20.9 Å². The summed E-state index contributed by atoms with van der Waals surface area (Å²) in [5.41, 5.74) is 5.44. The molecule has 1 unspecified atom stereocenters. The zero-order chi connectivity index (χ0) is 9.07. The summed E-state index contributed by atoms with van der Waals surface area (Å²) in [5, 5.41) is 0. The average Bonchev–Trinajstić information content (AvgIpc) is 1.86. The number of likely N-dealkylation sites (N-methyl/N-ethyl adjacent to an activating group) is 1. The van der Waals surface area contributed by atoms with E-state index in [9.17, 15) is 8.42 Å². The Morgan fingerprint density at radius 2 is 2.00 bits per heavy atom. The number of sulfonamides is 1. The van der Waals surface area contributed by atoms with Crippen LogP contribution in [-0.4, -0.2) is 38.1 Å². The molecule has 0 saturated heterocycles. The standard InChI is InChI=1S/C6H16N2O2S/c1-4-11(9,10)8(3)5-6(2)7/h6H,4-5,7H2,1-3H3. The van der Waals surface area contributed by atoms with Crippen LogP contribution in [0.2, 0.25) is 0 Å². The molecule has 0 fully saturated rings. The second kappa shape index (κ2) is 4.04. The van der Waals surface area contributed by atoms with Crippen LogP contribution in [0.4, 0.5) is 0 Å². The normalized spacial score (nSPS) is 15.4. The molecule has 0 radical (unpaired) electrons. The molecule has 0 saturated carbocycles. The number of hydrogen-bond donors (Lipinski definition) is 1. The van der Waals surface area contributed by atoms with Gasteiger partial charge in [-0.2, -0.15) is 0 Å². The first-order valence-corrected chi connectivity index (χ1v) is 5.20. The van der Waals surface area contributed by atoms with Gasteiger partial charge in [0.05, 0.1) is 5.75 Å². The molecule has 0 heterocycles. The number of nitrogens with zero attached hydrogens (tertiary/aromatic N) is 1. The van der Waals surface area contributed by atoms with Crippen LogP contribution in [0.1, 0.15) is 13.8 Å². The van der Waals surface area contributed by atoms with Crippen LogP contribution < -0.4 is 5.73 Å². The Hall–Kier alpha value is -0.130. The second-order valence-electron chi connectivity index (χ2n) is 2.66. The minimum absolute atomic E-state index is 0.110. The van der Waals surface area contributed by atoms with Crippen molar-refractivity contribution in [2.24, 2.45) is 5.73 Å². The lowest BCUT2D eigenvalue weighted by Gasteiger charge is -2.17. The van der Waals surface area contributed by atoms with E-state index in [4.69, 9.17) is 5.73 Å². The Morgan fingerprint density at radius 1 is 1.55 bits per heavy atom. The van der Waals surface area contributed by atoms with E-state index in [0.717, 1.165) is 0 Å².